The number of aliphatic hydroxyl groups excluding tert-OH is 2. The van der Waals surface area contributed by atoms with E-state index in [9.17, 15) is 14.6 Å². The Labute approximate surface area is 115 Å². The fourth-order valence-electron chi connectivity index (χ4n) is 3.13. The van der Waals surface area contributed by atoms with Gasteiger partial charge in [0.05, 0.1) is 23.7 Å². The Bertz CT molecular complexity index is 682. The van der Waals surface area contributed by atoms with Crippen LogP contribution in [0, 0.1) is 24.6 Å². The minimum Gasteiger partial charge on any atom is -0.396 e. The zero-order chi connectivity index (χ0) is 14.4. The second kappa shape index (κ2) is 4.64. The molecular weight excluding hydrogens is 261 g/mol. The standard InChI is InChI=1S/C14H16FN3O2/c1-7-9(4-19)10(5-20)13(7)18-3-11(15)12-8(2)16-6-17-14(12)18/h3,6,9-10,13,19-20H,1,4-5H2,2H3/t9-,10+,13+/m0/s1. The highest BCUT2D eigenvalue weighted by Crippen LogP contribution is 2.48. The van der Waals surface area contributed by atoms with Crippen molar-refractivity contribution in [1.82, 2.24) is 14.5 Å². The van der Waals surface area contributed by atoms with Crippen LogP contribution in [0.25, 0.3) is 11.0 Å². The summed E-state index contributed by atoms with van der Waals surface area (Å²) in [7, 11) is 0. The van der Waals surface area contributed by atoms with Crippen LogP contribution in [0.1, 0.15) is 11.7 Å². The highest BCUT2D eigenvalue weighted by molar-refractivity contribution is 5.79. The van der Waals surface area contributed by atoms with Gasteiger partial charge in [0.1, 0.15) is 12.0 Å². The zero-order valence-corrected chi connectivity index (χ0v) is 11.1. The molecular formula is C14H16FN3O2. The Morgan fingerprint density at radius 1 is 1.35 bits per heavy atom. The molecule has 0 radical (unpaired) electrons. The van der Waals surface area contributed by atoms with Gasteiger partial charge in [-0.15, -0.1) is 0 Å². The first-order valence-electron chi connectivity index (χ1n) is 6.48. The van der Waals surface area contributed by atoms with Gasteiger partial charge in [-0.25, -0.2) is 14.4 Å². The Hall–Kier alpha value is -1.79. The number of rotatable bonds is 3. The van der Waals surface area contributed by atoms with Crippen LogP contribution in [-0.2, 0) is 0 Å². The SMILES string of the molecule is C=C1[C@@H](n2cc(F)c3c(C)ncnc32)[C@H](CO)[C@H]1CO. The van der Waals surface area contributed by atoms with Crippen LogP contribution < -0.4 is 0 Å². The van der Waals surface area contributed by atoms with E-state index < -0.39 is 0 Å². The summed E-state index contributed by atoms with van der Waals surface area (Å²) in [4.78, 5) is 8.14. The molecule has 3 rings (SSSR count). The fraction of sp³-hybridized carbons (Fsp3) is 0.429. The van der Waals surface area contributed by atoms with Crippen molar-refractivity contribution < 1.29 is 14.6 Å². The van der Waals surface area contributed by atoms with Gasteiger partial charge in [-0.2, -0.15) is 0 Å². The van der Waals surface area contributed by atoms with Crippen molar-refractivity contribution in [3.63, 3.8) is 0 Å². The number of fused-ring (bicyclic) bond motifs is 1. The Morgan fingerprint density at radius 3 is 2.75 bits per heavy atom. The molecule has 1 aliphatic rings. The van der Waals surface area contributed by atoms with Crippen LogP contribution in [0.15, 0.2) is 24.7 Å². The molecule has 1 fully saturated rings. The molecule has 2 N–H and O–H groups in total. The van der Waals surface area contributed by atoms with E-state index in [0.717, 1.165) is 5.57 Å². The highest BCUT2D eigenvalue weighted by Gasteiger charge is 2.45. The molecule has 2 aromatic heterocycles. The number of aliphatic hydroxyl groups is 2. The number of aryl methyl sites for hydroxylation is 1. The highest BCUT2D eigenvalue weighted by atomic mass is 19.1. The molecule has 0 aromatic carbocycles. The molecule has 0 saturated heterocycles. The maximum atomic E-state index is 14.1. The van der Waals surface area contributed by atoms with Crippen molar-refractivity contribution in [3.8, 4) is 0 Å². The molecule has 2 heterocycles. The second-order valence-electron chi connectivity index (χ2n) is 5.20. The van der Waals surface area contributed by atoms with E-state index >= 15 is 0 Å². The summed E-state index contributed by atoms with van der Waals surface area (Å²) < 4.78 is 15.8. The molecule has 3 atom stereocenters. The van der Waals surface area contributed by atoms with E-state index in [1.165, 1.54) is 12.5 Å². The van der Waals surface area contributed by atoms with Crippen LogP contribution in [0.4, 0.5) is 4.39 Å². The van der Waals surface area contributed by atoms with Crippen molar-refractivity contribution in [3.05, 3.63) is 36.2 Å². The van der Waals surface area contributed by atoms with Gasteiger partial charge in [0, 0.05) is 24.6 Å². The third-order valence-corrected chi connectivity index (χ3v) is 4.24. The van der Waals surface area contributed by atoms with Gasteiger partial charge in [-0.3, -0.25) is 0 Å². The molecule has 0 amide bonds. The van der Waals surface area contributed by atoms with Gasteiger partial charge in [-0.1, -0.05) is 6.58 Å². The monoisotopic (exact) mass is 277 g/mol. The molecule has 0 unspecified atom stereocenters. The summed E-state index contributed by atoms with van der Waals surface area (Å²) in [5, 5.41) is 19.2. The van der Waals surface area contributed by atoms with Crippen molar-refractivity contribution in [2.24, 2.45) is 11.8 Å². The molecule has 0 aliphatic heterocycles. The molecule has 5 nitrogen and oxygen atoms in total. The zero-order valence-electron chi connectivity index (χ0n) is 11.1. The minimum atomic E-state index is -0.380. The summed E-state index contributed by atoms with van der Waals surface area (Å²) in [5.41, 5.74) is 1.87. The van der Waals surface area contributed by atoms with Crippen molar-refractivity contribution in [1.29, 1.82) is 0 Å². The molecule has 2 aromatic rings. The van der Waals surface area contributed by atoms with Gasteiger partial charge in [0.2, 0.25) is 0 Å². The predicted octanol–water partition coefficient (Wildman–Crippen LogP) is 1.21. The Kier molecular flexibility index (Phi) is 3.07. The number of aromatic nitrogens is 3. The molecule has 1 saturated carbocycles. The van der Waals surface area contributed by atoms with Gasteiger partial charge in [0.15, 0.2) is 5.82 Å². The fourth-order valence-corrected chi connectivity index (χ4v) is 3.13. The normalized spacial score (nSPS) is 26.0. The lowest BCUT2D eigenvalue weighted by Crippen LogP contribution is -2.44. The van der Waals surface area contributed by atoms with Crippen LogP contribution in [0.2, 0.25) is 0 Å². The van der Waals surface area contributed by atoms with Crippen molar-refractivity contribution >= 4 is 11.0 Å². The lowest BCUT2D eigenvalue weighted by Gasteiger charge is -2.46. The summed E-state index contributed by atoms with van der Waals surface area (Å²) in [5.74, 6) is -0.693. The van der Waals surface area contributed by atoms with Crippen molar-refractivity contribution in [2.75, 3.05) is 13.2 Å². The first kappa shape index (κ1) is 13.2. The van der Waals surface area contributed by atoms with Crippen LogP contribution in [0.3, 0.4) is 0 Å². The molecule has 1 aliphatic carbocycles. The third-order valence-electron chi connectivity index (χ3n) is 4.24. The van der Waals surface area contributed by atoms with Gasteiger partial charge < -0.3 is 14.8 Å². The maximum Gasteiger partial charge on any atom is 0.152 e. The Balaban J connectivity index is 2.12. The topological polar surface area (TPSA) is 71.2 Å². The number of hydrogen-bond acceptors (Lipinski definition) is 4. The number of halogens is 1. The molecule has 106 valence electrons. The van der Waals surface area contributed by atoms with Crippen LogP contribution >= 0.6 is 0 Å². The summed E-state index contributed by atoms with van der Waals surface area (Å²) in [6.45, 7) is 5.54. The molecule has 20 heavy (non-hydrogen) atoms. The largest absolute Gasteiger partial charge is 0.396 e. The van der Waals surface area contributed by atoms with Crippen LogP contribution in [0.5, 0.6) is 0 Å². The lowest BCUT2D eigenvalue weighted by molar-refractivity contribution is 0.0537. The summed E-state index contributed by atoms with van der Waals surface area (Å²) in [6.07, 6.45) is 2.77. The predicted molar refractivity (Wildman–Crippen MR) is 71.6 cm³/mol. The summed E-state index contributed by atoms with van der Waals surface area (Å²) in [6, 6.07) is -0.238. The number of hydrogen-bond donors (Lipinski definition) is 2. The molecule has 0 spiro atoms. The van der Waals surface area contributed by atoms with E-state index in [-0.39, 0.29) is 36.9 Å². The smallest absolute Gasteiger partial charge is 0.152 e. The number of nitrogens with zero attached hydrogens (tertiary/aromatic N) is 3. The van der Waals surface area contributed by atoms with E-state index in [0.29, 0.717) is 16.7 Å². The maximum absolute atomic E-state index is 14.1. The van der Waals surface area contributed by atoms with Crippen LogP contribution in [-0.4, -0.2) is 38.0 Å². The van der Waals surface area contributed by atoms with E-state index in [1.54, 1.807) is 11.5 Å². The van der Waals surface area contributed by atoms with E-state index in [2.05, 4.69) is 16.5 Å². The average molecular weight is 277 g/mol. The average Bonchev–Trinajstić information content (AvgIpc) is 2.75. The third kappa shape index (κ3) is 1.61. The van der Waals surface area contributed by atoms with Gasteiger partial charge in [-0.05, 0) is 12.5 Å². The van der Waals surface area contributed by atoms with E-state index in [4.69, 9.17) is 0 Å². The first-order chi connectivity index (χ1) is 9.60. The van der Waals surface area contributed by atoms with Crippen molar-refractivity contribution in [2.45, 2.75) is 13.0 Å². The van der Waals surface area contributed by atoms with E-state index in [1.807, 2.05) is 0 Å². The lowest BCUT2D eigenvalue weighted by atomic mass is 9.66. The van der Waals surface area contributed by atoms with Gasteiger partial charge in [0.25, 0.3) is 0 Å². The summed E-state index contributed by atoms with van der Waals surface area (Å²) >= 11 is 0. The Morgan fingerprint density at radius 2 is 2.10 bits per heavy atom. The first-order valence-corrected chi connectivity index (χ1v) is 6.48. The molecule has 6 heteroatoms. The molecule has 0 bridgehead atoms. The second-order valence-corrected chi connectivity index (χ2v) is 5.20. The quantitative estimate of drug-likeness (QED) is 0.827. The van der Waals surface area contributed by atoms with Gasteiger partial charge >= 0.3 is 0 Å². The minimum absolute atomic E-state index is 0.0593.